The van der Waals surface area contributed by atoms with Crippen molar-refractivity contribution in [3.63, 3.8) is 0 Å². The minimum atomic E-state index is -0.0260. The Balaban J connectivity index is 2.15. The first-order valence-electron chi connectivity index (χ1n) is 6.14. The Kier molecular flexibility index (Phi) is 3.97. The number of aryl methyl sites for hydroxylation is 1. The van der Waals surface area contributed by atoms with Gasteiger partial charge in [0.15, 0.2) is 5.82 Å². The molecule has 2 rings (SSSR count). The van der Waals surface area contributed by atoms with Crippen molar-refractivity contribution in [2.75, 3.05) is 30.8 Å². The van der Waals surface area contributed by atoms with Crippen molar-refractivity contribution in [2.24, 2.45) is 12.8 Å². The Hall–Kier alpha value is -1.01. The van der Waals surface area contributed by atoms with E-state index in [-0.39, 0.29) is 10.3 Å². The Morgan fingerprint density at radius 2 is 2.17 bits per heavy atom. The number of rotatable bonds is 3. The second-order valence-corrected chi connectivity index (χ2v) is 6.02. The number of anilines is 1. The largest absolute Gasteiger partial charge is 0.352 e. The normalized spacial score (nSPS) is 18.9. The quantitative estimate of drug-likeness (QED) is 0.862. The summed E-state index contributed by atoms with van der Waals surface area (Å²) in [5.74, 6) is 0.562. The lowest BCUT2D eigenvalue weighted by Gasteiger charge is -2.40. The predicted octanol–water partition coefficient (Wildman–Crippen LogP) is 0.441. The van der Waals surface area contributed by atoms with Crippen molar-refractivity contribution in [1.82, 2.24) is 9.55 Å². The van der Waals surface area contributed by atoms with E-state index in [0.29, 0.717) is 12.4 Å². The molecular formula is C12H20N4OS. The van der Waals surface area contributed by atoms with Crippen molar-refractivity contribution in [2.45, 2.75) is 17.6 Å². The standard InChI is InChI=1S/C12H20N4OS/c1-15-8-5-14-10(11(15)17)16-6-3-12(9-13,18-2)4-7-16/h5,8H,3-4,6-7,9,13H2,1-2H3. The smallest absolute Gasteiger partial charge is 0.293 e. The fourth-order valence-corrected chi connectivity index (χ4v) is 3.08. The van der Waals surface area contributed by atoms with Gasteiger partial charge in [0.2, 0.25) is 0 Å². The summed E-state index contributed by atoms with van der Waals surface area (Å²) in [4.78, 5) is 18.3. The first kappa shape index (κ1) is 13.4. The van der Waals surface area contributed by atoms with E-state index in [2.05, 4.69) is 16.1 Å². The molecule has 0 unspecified atom stereocenters. The van der Waals surface area contributed by atoms with Crippen molar-refractivity contribution >= 4 is 17.6 Å². The second kappa shape index (κ2) is 5.32. The fraction of sp³-hybridized carbons (Fsp3) is 0.667. The summed E-state index contributed by atoms with van der Waals surface area (Å²) in [7, 11) is 1.75. The van der Waals surface area contributed by atoms with Gasteiger partial charge in [-0.2, -0.15) is 11.8 Å². The topological polar surface area (TPSA) is 64.2 Å². The number of nitrogens with zero attached hydrogens (tertiary/aromatic N) is 3. The molecule has 6 heteroatoms. The van der Waals surface area contributed by atoms with Crippen LogP contribution >= 0.6 is 11.8 Å². The first-order valence-corrected chi connectivity index (χ1v) is 7.36. The third kappa shape index (κ3) is 2.40. The number of hydrogen-bond acceptors (Lipinski definition) is 5. The van der Waals surface area contributed by atoms with E-state index in [1.165, 1.54) is 0 Å². The highest BCUT2D eigenvalue weighted by Crippen LogP contribution is 2.33. The van der Waals surface area contributed by atoms with Crippen LogP contribution in [-0.2, 0) is 7.05 Å². The van der Waals surface area contributed by atoms with Crippen LogP contribution < -0.4 is 16.2 Å². The molecule has 0 bridgehead atoms. The molecule has 1 aromatic rings. The van der Waals surface area contributed by atoms with Crippen LogP contribution in [0.15, 0.2) is 17.2 Å². The van der Waals surface area contributed by atoms with Gasteiger partial charge in [-0.3, -0.25) is 4.79 Å². The lowest BCUT2D eigenvalue weighted by atomic mass is 9.96. The van der Waals surface area contributed by atoms with E-state index in [1.807, 2.05) is 11.8 Å². The average molecular weight is 268 g/mol. The molecule has 18 heavy (non-hydrogen) atoms. The highest BCUT2D eigenvalue weighted by molar-refractivity contribution is 8.00. The minimum Gasteiger partial charge on any atom is -0.352 e. The summed E-state index contributed by atoms with van der Waals surface area (Å²) < 4.78 is 1.75. The van der Waals surface area contributed by atoms with E-state index >= 15 is 0 Å². The molecule has 0 aliphatic carbocycles. The van der Waals surface area contributed by atoms with Crippen LogP contribution in [0.1, 0.15) is 12.8 Å². The Morgan fingerprint density at radius 1 is 1.50 bits per heavy atom. The summed E-state index contributed by atoms with van der Waals surface area (Å²) in [5, 5.41) is 0. The van der Waals surface area contributed by atoms with Crippen LogP contribution in [0.25, 0.3) is 0 Å². The monoisotopic (exact) mass is 268 g/mol. The molecule has 1 saturated heterocycles. The van der Waals surface area contributed by atoms with Crippen LogP contribution in [-0.4, -0.2) is 40.2 Å². The molecule has 0 amide bonds. The Morgan fingerprint density at radius 3 is 2.72 bits per heavy atom. The van der Waals surface area contributed by atoms with Crippen LogP contribution in [0.2, 0.25) is 0 Å². The van der Waals surface area contributed by atoms with E-state index in [4.69, 9.17) is 5.73 Å². The van der Waals surface area contributed by atoms with Crippen molar-refractivity contribution in [3.05, 3.63) is 22.7 Å². The number of piperidine rings is 1. The lowest BCUT2D eigenvalue weighted by Crippen LogP contribution is -2.48. The zero-order chi connectivity index (χ0) is 13.2. The Labute approximate surface area is 111 Å². The summed E-state index contributed by atoms with van der Waals surface area (Å²) >= 11 is 1.84. The van der Waals surface area contributed by atoms with E-state index in [9.17, 15) is 4.79 Å². The molecule has 1 fully saturated rings. The zero-order valence-corrected chi connectivity index (χ0v) is 11.7. The van der Waals surface area contributed by atoms with Gasteiger partial charge in [-0.1, -0.05) is 0 Å². The van der Waals surface area contributed by atoms with E-state index in [1.54, 1.807) is 24.0 Å². The van der Waals surface area contributed by atoms with Crippen LogP contribution in [0.5, 0.6) is 0 Å². The average Bonchev–Trinajstić information content (AvgIpc) is 2.42. The molecule has 2 N–H and O–H groups in total. The maximum atomic E-state index is 12.0. The van der Waals surface area contributed by atoms with Gasteiger partial charge in [0.1, 0.15) is 0 Å². The maximum Gasteiger partial charge on any atom is 0.293 e. The third-order valence-corrected chi connectivity index (χ3v) is 5.22. The summed E-state index contributed by atoms with van der Waals surface area (Å²) in [5.41, 5.74) is 5.84. The van der Waals surface area contributed by atoms with Gasteiger partial charge in [0.05, 0.1) is 0 Å². The van der Waals surface area contributed by atoms with Gasteiger partial charge in [-0.15, -0.1) is 0 Å². The zero-order valence-electron chi connectivity index (χ0n) is 10.9. The van der Waals surface area contributed by atoms with Gasteiger partial charge in [0.25, 0.3) is 5.56 Å². The van der Waals surface area contributed by atoms with E-state index < -0.39 is 0 Å². The Bertz CT molecular complexity index is 459. The van der Waals surface area contributed by atoms with Crippen molar-refractivity contribution in [1.29, 1.82) is 0 Å². The molecule has 1 aromatic heterocycles. The number of thioether (sulfide) groups is 1. The van der Waals surface area contributed by atoms with Crippen LogP contribution in [0.4, 0.5) is 5.82 Å². The lowest BCUT2D eigenvalue weighted by molar-refractivity contribution is 0.453. The highest BCUT2D eigenvalue weighted by atomic mass is 32.2. The molecule has 1 aliphatic rings. The highest BCUT2D eigenvalue weighted by Gasteiger charge is 2.33. The molecule has 0 saturated carbocycles. The molecule has 2 heterocycles. The first-order chi connectivity index (χ1) is 8.62. The molecule has 0 atom stereocenters. The van der Waals surface area contributed by atoms with Crippen molar-refractivity contribution < 1.29 is 0 Å². The van der Waals surface area contributed by atoms with Gasteiger partial charge in [0, 0.05) is 43.8 Å². The molecule has 5 nitrogen and oxygen atoms in total. The van der Waals surface area contributed by atoms with Crippen molar-refractivity contribution in [3.8, 4) is 0 Å². The second-order valence-electron chi connectivity index (χ2n) is 4.75. The predicted molar refractivity (Wildman–Crippen MR) is 76.2 cm³/mol. The van der Waals surface area contributed by atoms with Gasteiger partial charge >= 0.3 is 0 Å². The maximum absolute atomic E-state index is 12.0. The molecule has 100 valence electrons. The SMILES string of the molecule is CSC1(CN)CCN(c2nccn(C)c2=O)CC1. The number of aromatic nitrogens is 2. The van der Waals surface area contributed by atoms with Crippen LogP contribution in [0.3, 0.4) is 0 Å². The molecule has 0 spiro atoms. The minimum absolute atomic E-state index is 0.0260. The summed E-state index contributed by atoms with van der Waals surface area (Å²) in [6.07, 6.45) is 7.48. The van der Waals surface area contributed by atoms with Gasteiger partial charge in [-0.25, -0.2) is 4.98 Å². The third-order valence-electron chi connectivity index (χ3n) is 3.78. The molecule has 0 aromatic carbocycles. The summed E-state index contributed by atoms with van der Waals surface area (Å²) in [6.45, 7) is 2.40. The molecule has 0 radical (unpaired) electrons. The molecule has 1 aliphatic heterocycles. The molecular weight excluding hydrogens is 248 g/mol. The summed E-state index contributed by atoms with van der Waals surface area (Å²) in [6, 6.07) is 0. The fourth-order valence-electron chi connectivity index (χ4n) is 2.32. The van der Waals surface area contributed by atoms with Gasteiger partial charge < -0.3 is 15.2 Å². The number of hydrogen-bond donors (Lipinski definition) is 1. The van der Waals surface area contributed by atoms with Gasteiger partial charge in [-0.05, 0) is 19.1 Å². The van der Waals surface area contributed by atoms with E-state index in [0.717, 1.165) is 25.9 Å². The number of nitrogens with two attached hydrogens (primary N) is 1. The van der Waals surface area contributed by atoms with Crippen LogP contribution in [0, 0.1) is 0 Å².